The van der Waals surface area contributed by atoms with E-state index in [2.05, 4.69) is 0 Å². The molecule has 1 aliphatic carbocycles. The largest absolute Gasteiger partial charge is 0.456 e. The van der Waals surface area contributed by atoms with E-state index in [0.29, 0.717) is 0 Å². The van der Waals surface area contributed by atoms with Gasteiger partial charge in [0, 0.05) is 30.9 Å². The Kier molecular flexibility index (Phi) is 6.08. The van der Waals surface area contributed by atoms with Gasteiger partial charge in [0.25, 0.3) is 5.60 Å². The second-order valence-corrected chi connectivity index (χ2v) is 8.96. The summed E-state index contributed by atoms with van der Waals surface area (Å²) in [5.74, 6) is -1.67. The van der Waals surface area contributed by atoms with E-state index in [-0.39, 0.29) is 25.2 Å². The molecule has 176 valence electrons. The van der Waals surface area contributed by atoms with Crippen LogP contribution >= 0.6 is 0 Å². The quantitative estimate of drug-likeness (QED) is 0.522. The second-order valence-electron chi connectivity index (χ2n) is 8.96. The molecule has 0 spiro atoms. The van der Waals surface area contributed by atoms with Crippen molar-refractivity contribution >= 4 is 11.8 Å². The van der Waals surface area contributed by atoms with Gasteiger partial charge in [-0.25, -0.2) is 4.79 Å². The number of halogens is 3. The number of carbonyl (C=O) groups is 2. The summed E-state index contributed by atoms with van der Waals surface area (Å²) in [6, 6.07) is 6.52. The molecule has 1 heterocycles. The van der Waals surface area contributed by atoms with Crippen LogP contribution in [0.4, 0.5) is 13.2 Å². The van der Waals surface area contributed by atoms with E-state index >= 15 is 0 Å². The van der Waals surface area contributed by atoms with Gasteiger partial charge in [0.15, 0.2) is 0 Å². The molecule has 2 bridgehead atoms. The molecule has 0 radical (unpaired) electrons. The number of benzene rings is 1. The van der Waals surface area contributed by atoms with E-state index in [1.54, 1.807) is 13.8 Å². The average Bonchev–Trinajstić information content (AvgIpc) is 2.80. The van der Waals surface area contributed by atoms with Gasteiger partial charge in [-0.2, -0.15) is 13.2 Å². The number of rotatable bonds is 6. The molecule has 1 aromatic rings. The van der Waals surface area contributed by atoms with E-state index in [1.165, 1.54) is 37.3 Å². The highest BCUT2D eigenvalue weighted by Crippen LogP contribution is 2.56. The van der Waals surface area contributed by atoms with Crippen molar-refractivity contribution in [3.63, 3.8) is 0 Å². The number of fused-ring (bicyclic) bond motifs is 2. The maximum Gasteiger partial charge on any atom is 0.432 e. The SMILES string of the molecule is CO[C@](C(=O)OC(C)/C=C/[C@@]1(O)C2(C)CC(=O)C[C@]1(C)CO2)(c1ccccc1)C(F)(F)F. The summed E-state index contributed by atoms with van der Waals surface area (Å²) in [4.78, 5) is 24.8. The summed E-state index contributed by atoms with van der Waals surface area (Å²) in [5.41, 5.74) is -7.35. The number of alkyl halides is 3. The van der Waals surface area contributed by atoms with Crippen molar-refractivity contribution in [3.8, 4) is 0 Å². The monoisotopic (exact) mass is 456 g/mol. The zero-order valence-electron chi connectivity index (χ0n) is 18.4. The fourth-order valence-electron chi connectivity index (χ4n) is 4.75. The van der Waals surface area contributed by atoms with Crippen molar-refractivity contribution < 1.29 is 42.1 Å². The molecule has 2 fully saturated rings. The zero-order valence-corrected chi connectivity index (χ0v) is 18.4. The zero-order chi connectivity index (χ0) is 24.0. The van der Waals surface area contributed by atoms with Crippen LogP contribution < -0.4 is 0 Å². The molecule has 1 saturated carbocycles. The van der Waals surface area contributed by atoms with E-state index < -0.39 is 46.0 Å². The Balaban J connectivity index is 1.86. The highest BCUT2D eigenvalue weighted by atomic mass is 19.4. The highest BCUT2D eigenvalue weighted by Gasteiger charge is 2.67. The van der Waals surface area contributed by atoms with E-state index in [1.807, 2.05) is 0 Å². The van der Waals surface area contributed by atoms with Gasteiger partial charge in [-0.15, -0.1) is 0 Å². The lowest BCUT2D eigenvalue weighted by molar-refractivity contribution is -0.277. The third-order valence-electron chi connectivity index (χ3n) is 6.63. The lowest BCUT2D eigenvalue weighted by atomic mass is 9.59. The lowest BCUT2D eigenvalue weighted by Gasteiger charge is -2.47. The van der Waals surface area contributed by atoms with Gasteiger partial charge in [0.05, 0.1) is 6.61 Å². The fourth-order valence-corrected chi connectivity index (χ4v) is 4.75. The minimum absolute atomic E-state index is 0.00641. The second kappa shape index (κ2) is 7.97. The van der Waals surface area contributed by atoms with Gasteiger partial charge >= 0.3 is 12.1 Å². The molecule has 3 rings (SSSR count). The van der Waals surface area contributed by atoms with Gasteiger partial charge in [0.1, 0.15) is 23.1 Å². The van der Waals surface area contributed by atoms with Crippen LogP contribution in [-0.2, 0) is 29.4 Å². The van der Waals surface area contributed by atoms with Crippen molar-refractivity contribution in [3.05, 3.63) is 48.0 Å². The van der Waals surface area contributed by atoms with Gasteiger partial charge < -0.3 is 19.3 Å². The Morgan fingerprint density at radius 2 is 1.84 bits per heavy atom. The molecular formula is C23H27F3O6. The number of carbonyl (C=O) groups excluding carboxylic acids is 2. The number of ketones is 1. The van der Waals surface area contributed by atoms with E-state index in [9.17, 15) is 27.9 Å². The number of aliphatic hydroxyl groups is 1. The molecule has 32 heavy (non-hydrogen) atoms. The minimum atomic E-state index is -5.08. The first-order chi connectivity index (χ1) is 14.7. The lowest BCUT2D eigenvalue weighted by Crippen LogP contribution is -2.60. The van der Waals surface area contributed by atoms with Crippen LogP contribution in [0, 0.1) is 5.41 Å². The summed E-state index contributed by atoms with van der Waals surface area (Å²) in [7, 11) is 0.792. The summed E-state index contributed by atoms with van der Waals surface area (Å²) in [5, 5.41) is 11.4. The predicted octanol–water partition coefficient (Wildman–Crippen LogP) is 3.47. The molecule has 1 aliphatic heterocycles. The maximum atomic E-state index is 14.0. The van der Waals surface area contributed by atoms with Gasteiger partial charge in [-0.1, -0.05) is 37.3 Å². The van der Waals surface area contributed by atoms with E-state index in [0.717, 1.165) is 19.2 Å². The van der Waals surface area contributed by atoms with Crippen molar-refractivity contribution in [2.75, 3.05) is 13.7 Å². The fraction of sp³-hybridized carbons (Fsp3) is 0.565. The first-order valence-corrected chi connectivity index (χ1v) is 10.2. The Labute approximate surface area is 184 Å². The van der Waals surface area contributed by atoms with Crippen LogP contribution in [-0.4, -0.2) is 54.1 Å². The Morgan fingerprint density at radius 1 is 1.22 bits per heavy atom. The Hall–Kier alpha value is -2.23. The molecule has 2 aliphatic rings. The maximum absolute atomic E-state index is 14.0. The van der Waals surface area contributed by atoms with Crippen molar-refractivity contribution in [2.24, 2.45) is 5.41 Å². The Bertz CT molecular complexity index is 892. The van der Waals surface area contributed by atoms with Crippen LogP contribution in [0.5, 0.6) is 0 Å². The normalized spacial score (nSPS) is 33.2. The summed E-state index contributed by atoms with van der Waals surface area (Å²) < 4.78 is 57.6. The van der Waals surface area contributed by atoms with Crippen LogP contribution in [0.2, 0.25) is 0 Å². The highest BCUT2D eigenvalue weighted by molar-refractivity contribution is 5.83. The molecule has 5 atom stereocenters. The molecule has 9 heteroatoms. The molecule has 2 unspecified atom stereocenters. The van der Waals surface area contributed by atoms with Crippen molar-refractivity contribution in [2.45, 2.75) is 62.7 Å². The molecule has 0 aromatic heterocycles. The average molecular weight is 456 g/mol. The predicted molar refractivity (Wildman–Crippen MR) is 108 cm³/mol. The molecule has 1 aromatic carbocycles. The number of hydrogen-bond acceptors (Lipinski definition) is 6. The third-order valence-corrected chi connectivity index (χ3v) is 6.63. The van der Waals surface area contributed by atoms with Crippen LogP contribution in [0.25, 0.3) is 0 Å². The molecule has 1 saturated heterocycles. The molecule has 1 N–H and O–H groups in total. The van der Waals surface area contributed by atoms with Crippen molar-refractivity contribution in [1.29, 1.82) is 0 Å². The number of Topliss-reactive ketones (excluding diaryl/α,β-unsaturated/α-hetero) is 1. The number of ether oxygens (including phenoxy) is 3. The van der Waals surface area contributed by atoms with Gasteiger partial charge in [-0.3, -0.25) is 4.79 Å². The third kappa shape index (κ3) is 3.56. The van der Waals surface area contributed by atoms with Gasteiger partial charge in [0.2, 0.25) is 0 Å². The van der Waals surface area contributed by atoms with Gasteiger partial charge in [-0.05, 0) is 26.0 Å². The van der Waals surface area contributed by atoms with Crippen LogP contribution in [0.1, 0.15) is 39.2 Å². The van der Waals surface area contributed by atoms with Crippen LogP contribution in [0.15, 0.2) is 42.5 Å². The molecule has 6 nitrogen and oxygen atoms in total. The summed E-state index contributed by atoms with van der Waals surface area (Å²) in [6.45, 7) is 4.86. The topological polar surface area (TPSA) is 82.1 Å². The van der Waals surface area contributed by atoms with Crippen LogP contribution in [0.3, 0.4) is 0 Å². The summed E-state index contributed by atoms with van der Waals surface area (Å²) >= 11 is 0. The first kappa shape index (κ1) is 24.4. The smallest absolute Gasteiger partial charge is 0.432 e. The number of esters is 1. The first-order valence-electron chi connectivity index (χ1n) is 10.2. The standard InChI is InChI=1S/C23H27F3O6/c1-15(10-11-21(29)19(2)12-17(27)13-20(21,3)31-14-19)32-18(28)22(30-4,23(24,25)26)16-8-6-5-7-9-16/h5-11,15,29H,12-14H2,1-4H3/b11-10+/t15?,19-,20?,21+,22+/m1/s1. The molecule has 0 amide bonds. The Morgan fingerprint density at radius 3 is 2.38 bits per heavy atom. The van der Waals surface area contributed by atoms with E-state index in [4.69, 9.17) is 14.2 Å². The number of methoxy groups -OCH3 is 1. The number of hydrogen-bond donors (Lipinski definition) is 1. The summed E-state index contributed by atoms with van der Waals surface area (Å²) in [6.07, 6.45) is -3.43. The van der Waals surface area contributed by atoms with Crippen molar-refractivity contribution in [1.82, 2.24) is 0 Å². The molecular weight excluding hydrogens is 429 g/mol. The minimum Gasteiger partial charge on any atom is -0.456 e.